The Morgan fingerprint density at radius 2 is 2.00 bits per heavy atom. The van der Waals surface area contributed by atoms with E-state index in [9.17, 15) is 9.59 Å². The van der Waals surface area contributed by atoms with E-state index in [2.05, 4.69) is 20.9 Å². The lowest BCUT2D eigenvalue weighted by molar-refractivity contribution is -0.150. The molecule has 0 N–H and O–H groups in total. The highest BCUT2D eigenvalue weighted by Crippen LogP contribution is 2.20. The first-order chi connectivity index (χ1) is 8.06. The van der Waals surface area contributed by atoms with Crippen LogP contribution in [-0.2, 0) is 16.1 Å². The van der Waals surface area contributed by atoms with Crippen molar-refractivity contribution >= 4 is 27.7 Å². The third-order valence-corrected chi connectivity index (χ3v) is 3.23. The van der Waals surface area contributed by atoms with Gasteiger partial charge in [-0.15, -0.1) is 0 Å². The second kappa shape index (κ2) is 4.96. The molecule has 0 bridgehead atoms. The summed E-state index contributed by atoms with van der Waals surface area (Å²) in [7, 11) is 0. The molecule has 0 radical (unpaired) electrons. The Morgan fingerprint density at radius 3 is 2.53 bits per heavy atom. The van der Waals surface area contributed by atoms with Crippen molar-refractivity contribution < 1.29 is 9.59 Å². The van der Waals surface area contributed by atoms with Gasteiger partial charge < -0.3 is 0 Å². The topological polar surface area (TPSA) is 50.3 Å². The average molecular weight is 297 g/mol. The standard InChI is InChI=1S/C12H13BrN2O2/c1-8-4-11(16)15(12(17)5-8)7-10-3-2-9(13)6-14-10/h2-3,6,8H,4-5,7H2,1H3. The normalized spacial score (nSPS) is 17.6. The minimum absolute atomic E-state index is 0.0986. The van der Waals surface area contributed by atoms with Crippen LogP contribution in [0.1, 0.15) is 25.5 Å². The Hall–Kier alpha value is -1.23. The maximum atomic E-state index is 11.8. The van der Waals surface area contributed by atoms with Gasteiger partial charge in [0.25, 0.3) is 0 Å². The van der Waals surface area contributed by atoms with Crippen molar-refractivity contribution in [1.82, 2.24) is 9.88 Å². The highest BCUT2D eigenvalue weighted by atomic mass is 79.9. The summed E-state index contributed by atoms with van der Waals surface area (Å²) in [4.78, 5) is 29.0. The summed E-state index contributed by atoms with van der Waals surface area (Å²) in [6, 6.07) is 3.66. The number of likely N-dealkylation sites (tertiary alicyclic amines) is 1. The predicted octanol–water partition coefficient (Wildman–Crippen LogP) is 2.13. The van der Waals surface area contributed by atoms with Gasteiger partial charge in [0, 0.05) is 23.5 Å². The van der Waals surface area contributed by atoms with Gasteiger partial charge in [0.2, 0.25) is 11.8 Å². The lowest BCUT2D eigenvalue weighted by Crippen LogP contribution is -2.42. The zero-order valence-corrected chi connectivity index (χ0v) is 11.1. The van der Waals surface area contributed by atoms with Gasteiger partial charge in [0.15, 0.2) is 0 Å². The van der Waals surface area contributed by atoms with Gasteiger partial charge >= 0.3 is 0 Å². The Bertz CT molecular complexity index is 426. The fourth-order valence-electron chi connectivity index (χ4n) is 1.87. The van der Waals surface area contributed by atoms with Crippen LogP contribution in [0.4, 0.5) is 0 Å². The number of piperidine rings is 1. The molecule has 1 saturated heterocycles. The van der Waals surface area contributed by atoms with Crippen LogP contribution in [0.15, 0.2) is 22.8 Å². The van der Waals surface area contributed by atoms with Crippen molar-refractivity contribution in [3.05, 3.63) is 28.5 Å². The number of rotatable bonds is 2. The molecule has 2 heterocycles. The molecule has 17 heavy (non-hydrogen) atoms. The van der Waals surface area contributed by atoms with Crippen LogP contribution >= 0.6 is 15.9 Å². The van der Waals surface area contributed by atoms with Crippen molar-refractivity contribution in [1.29, 1.82) is 0 Å². The number of pyridine rings is 1. The van der Waals surface area contributed by atoms with Gasteiger partial charge in [-0.05, 0) is 34.0 Å². The lowest BCUT2D eigenvalue weighted by atomic mass is 9.98. The van der Waals surface area contributed by atoms with E-state index in [0.29, 0.717) is 12.8 Å². The molecule has 0 aliphatic carbocycles. The monoisotopic (exact) mass is 296 g/mol. The zero-order valence-electron chi connectivity index (χ0n) is 9.52. The number of carbonyl (C=O) groups is 2. The van der Waals surface area contributed by atoms with Crippen LogP contribution in [0, 0.1) is 5.92 Å². The maximum Gasteiger partial charge on any atom is 0.229 e. The van der Waals surface area contributed by atoms with E-state index in [1.165, 1.54) is 4.90 Å². The van der Waals surface area contributed by atoms with Gasteiger partial charge in [0.1, 0.15) is 0 Å². The molecule has 5 heteroatoms. The van der Waals surface area contributed by atoms with E-state index in [1.54, 1.807) is 6.20 Å². The van der Waals surface area contributed by atoms with Crippen molar-refractivity contribution in [2.75, 3.05) is 0 Å². The van der Waals surface area contributed by atoms with Gasteiger partial charge in [-0.3, -0.25) is 19.5 Å². The minimum Gasteiger partial charge on any atom is -0.277 e. The van der Waals surface area contributed by atoms with Crippen LogP contribution < -0.4 is 0 Å². The predicted molar refractivity (Wildman–Crippen MR) is 65.9 cm³/mol. The molecule has 2 rings (SSSR count). The molecule has 1 aliphatic heterocycles. The number of hydrogen-bond acceptors (Lipinski definition) is 3. The summed E-state index contributed by atoms with van der Waals surface area (Å²) in [5.74, 6) is -0.0407. The first kappa shape index (κ1) is 12.2. The molecule has 1 fully saturated rings. The van der Waals surface area contributed by atoms with Gasteiger partial charge in [-0.1, -0.05) is 6.92 Å². The van der Waals surface area contributed by atoms with Gasteiger partial charge in [-0.2, -0.15) is 0 Å². The Morgan fingerprint density at radius 1 is 1.35 bits per heavy atom. The van der Waals surface area contributed by atoms with E-state index in [1.807, 2.05) is 19.1 Å². The number of halogens is 1. The van der Waals surface area contributed by atoms with E-state index in [-0.39, 0.29) is 24.3 Å². The first-order valence-corrected chi connectivity index (χ1v) is 6.29. The third-order valence-electron chi connectivity index (χ3n) is 2.76. The second-order valence-corrected chi connectivity index (χ2v) is 5.27. The molecule has 0 atom stereocenters. The summed E-state index contributed by atoms with van der Waals surface area (Å²) in [6.07, 6.45) is 2.56. The molecule has 0 spiro atoms. The average Bonchev–Trinajstić information content (AvgIpc) is 2.26. The number of carbonyl (C=O) groups excluding carboxylic acids is 2. The molecule has 90 valence electrons. The molecular formula is C12H13BrN2O2. The fraction of sp³-hybridized carbons (Fsp3) is 0.417. The van der Waals surface area contributed by atoms with E-state index < -0.39 is 0 Å². The third kappa shape index (κ3) is 2.91. The molecule has 4 nitrogen and oxygen atoms in total. The highest BCUT2D eigenvalue weighted by molar-refractivity contribution is 9.10. The number of amides is 2. The molecule has 1 aromatic rings. The molecule has 0 saturated carbocycles. The van der Waals surface area contributed by atoms with Crippen LogP contribution in [0.3, 0.4) is 0 Å². The summed E-state index contributed by atoms with van der Waals surface area (Å²) in [5, 5.41) is 0. The van der Waals surface area contributed by atoms with Gasteiger partial charge in [-0.25, -0.2) is 0 Å². The highest BCUT2D eigenvalue weighted by Gasteiger charge is 2.30. The van der Waals surface area contributed by atoms with Crippen molar-refractivity contribution in [2.24, 2.45) is 5.92 Å². The fourth-order valence-corrected chi connectivity index (χ4v) is 2.10. The van der Waals surface area contributed by atoms with E-state index in [0.717, 1.165) is 10.2 Å². The summed E-state index contributed by atoms with van der Waals surface area (Å²) in [5.41, 5.74) is 0.726. The number of aromatic nitrogens is 1. The maximum absolute atomic E-state index is 11.8. The first-order valence-electron chi connectivity index (χ1n) is 5.50. The number of nitrogens with zero attached hydrogens (tertiary/aromatic N) is 2. The molecule has 1 aromatic heterocycles. The lowest BCUT2D eigenvalue weighted by Gasteiger charge is -2.27. The van der Waals surface area contributed by atoms with E-state index in [4.69, 9.17) is 0 Å². The van der Waals surface area contributed by atoms with Crippen molar-refractivity contribution in [2.45, 2.75) is 26.3 Å². The van der Waals surface area contributed by atoms with Crippen LogP contribution in [0.2, 0.25) is 0 Å². The SMILES string of the molecule is CC1CC(=O)N(Cc2ccc(Br)cn2)C(=O)C1. The summed E-state index contributed by atoms with van der Waals surface area (Å²) >= 11 is 3.29. The largest absolute Gasteiger partial charge is 0.277 e. The number of hydrogen-bond donors (Lipinski definition) is 0. The molecule has 2 amide bonds. The van der Waals surface area contributed by atoms with Crippen LogP contribution in [0.5, 0.6) is 0 Å². The smallest absolute Gasteiger partial charge is 0.229 e. The Kier molecular flexibility index (Phi) is 3.57. The van der Waals surface area contributed by atoms with Crippen LogP contribution in [0.25, 0.3) is 0 Å². The van der Waals surface area contributed by atoms with Crippen LogP contribution in [-0.4, -0.2) is 21.7 Å². The quantitative estimate of drug-likeness (QED) is 0.786. The summed E-state index contributed by atoms with van der Waals surface area (Å²) < 4.78 is 0.881. The Labute approximate surface area is 108 Å². The van der Waals surface area contributed by atoms with E-state index >= 15 is 0 Å². The molecule has 0 aromatic carbocycles. The molecular weight excluding hydrogens is 284 g/mol. The minimum atomic E-state index is -0.0986. The summed E-state index contributed by atoms with van der Waals surface area (Å²) in [6.45, 7) is 2.20. The van der Waals surface area contributed by atoms with Crippen molar-refractivity contribution in [3.8, 4) is 0 Å². The molecule has 0 unspecified atom stereocenters. The number of imide groups is 1. The zero-order chi connectivity index (χ0) is 12.4. The molecule has 1 aliphatic rings. The van der Waals surface area contributed by atoms with Crippen molar-refractivity contribution in [3.63, 3.8) is 0 Å². The second-order valence-electron chi connectivity index (χ2n) is 4.35. The van der Waals surface area contributed by atoms with Gasteiger partial charge in [0.05, 0.1) is 12.2 Å². The Balaban J connectivity index is 2.10.